The summed E-state index contributed by atoms with van der Waals surface area (Å²) in [5.41, 5.74) is 1.19. The summed E-state index contributed by atoms with van der Waals surface area (Å²) >= 11 is 0. The third-order valence-electron chi connectivity index (χ3n) is 1.91. The lowest BCUT2D eigenvalue weighted by Crippen LogP contribution is -1.99. The Hall–Kier alpha value is -1.84. The summed E-state index contributed by atoms with van der Waals surface area (Å²) in [7, 11) is 1.58. The van der Waals surface area contributed by atoms with E-state index in [2.05, 4.69) is 10.3 Å². The zero-order valence-electron chi connectivity index (χ0n) is 7.92. The fourth-order valence-corrected chi connectivity index (χ4v) is 1.22. The predicted octanol–water partition coefficient (Wildman–Crippen LogP) is 1.33. The van der Waals surface area contributed by atoms with E-state index < -0.39 is 0 Å². The van der Waals surface area contributed by atoms with Crippen LogP contribution in [-0.4, -0.2) is 22.1 Å². The van der Waals surface area contributed by atoms with Crippen LogP contribution >= 0.6 is 0 Å². The molecule has 0 bridgehead atoms. The van der Waals surface area contributed by atoms with Crippen LogP contribution in [0.1, 0.15) is 5.56 Å². The lowest BCUT2D eigenvalue weighted by atomic mass is 10.2. The van der Waals surface area contributed by atoms with Gasteiger partial charge in [0.05, 0.1) is 19.9 Å². The summed E-state index contributed by atoms with van der Waals surface area (Å²) in [6, 6.07) is 10.1. The topological polar surface area (TPSA) is 39.9 Å². The maximum absolute atomic E-state index is 4.94. The molecule has 0 fully saturated rings. The van der Waals surface area contributed by atoms with E-state index in [1.165, 1.54) is 5.56 Å². The highest BCUT2D eigenvalue weighted by Crippen LogP contribution is 2.05. The minimum absolute atomic E-state index is 0.543. The summed E-state index contributed by atoms with van der Waals surface area (Å²) in [6.45, 7) is 0.719. The van der Waals surface area contributed by atoms with Gasteiger partial charge in [0.15, 0.2) is 0 Å². The number of hydrogen-bond donors (Lipinski definition) is 0. The highest BCUT2D eigenvalue weighted by Gasteiger charge is 1.99. The van der Waals surface area contributed by atoms with Gasteiger partial charge in [-0.1, -0.05) is 40.6 Å². The van der Waals surface area contributed by atoms with Crippen LogP contribution in [0, 0.1) is 0 Å². The van der Waals surface area contributed by atoms with Crippen molar-refractivity contribution in [2.45, 2.75) is 6.54 Å². The monoisotopic (exact) mass is 189 g/mol. The number of ether oxygens (including phenoxy) is 1. The summed E-state index contributed by atoms with van der Waals surface area (Å²) < 4.78 is 6.68. The van der Waals surface area contributed by atoms with E-state index in [9.17, 15) is 0 Å². The molecule has 0 spiro atoms. The Balaban J connectivity index is 2.11. The van der Waals surface area contributed by atoms with Crippen LogP contribution in [-0.2, 0) is 6.54 Å². The van der Waals surface area contributed by atoms with E-state index in [0.29, 0.717) is 5.88 Å². The minimum atomic E-state index is 0.543. The van der Waals surface area contributed by atoms with Gasteiger partial charge >= 0.3 is 0 Å². The lowest BCUT2D eigenvalue weighted by molar-refractivity contribution is 0.397. The normalized spacial score (nSPS) is 10.1. The number of nitrogens with zero attached hydrogens (tertiary/aromatic N) is 3. The third-order valence-corrected chi connectivity index (χ3v) is 1.91. The molecule has 14 heavy (non-hydrogen) atoms. The molecule has 2 rings (SSSR count). The van der Waals surface area contributed by atoms with Crippen molar-refractivity contribution in [3.05, 3.63) is 42.1 Å². The smallest absolute Gasteiger partial charge is 0.253 e. The van der Waals surface area contributed by atoms with Crippen LogP contribution in [0.15, 0.2) is 36.5 Å². The van der Waals surface area contributed by atoms with Crippen LogP contribution in [0.25, 0.3) is 0 Å². The fraction of sp³-hybridized carbons (Fsp3) is 0.200. The molecule has 0 radical (unpaired) electrons. The molecule has 1 heterocycles. The van der Waals surface area contributed by atoms with Gasteiger partial charge in [-0.05, 0) is 5.56 Å². The Kier molecular flexibility index (Phi) is 2.44. The zero-order chi connectivity index (χ0) is 9.80. The average molecular weight is 189 g/mol. The molecule has 0 aliphatic rings. The molecular weight excluding hydrogens is 178 g/mol. The van der Waals surface area contributed by atoms with Gasteiger partial charge in [-0.3, -0.25) is 0 Å². The van der Waals surface area contributed by atoms with Gasteiger partial charge < -0.3 is 4.74 Å². The van der Waals surface area contributed by atoms with Gasteiger partial charge in [-0.2, -0.15) is 0 Å². The lowest BCUT2D eigenvalue weighted by Gasteiger charge is -1.98. The molecule has 0 aliphatic heterocycles. The summed E-state index contributed by atoms with van der Waals surface area (Å²) in [5, 5.41) is 7.75. The predicted molar refractivity (Wildman–Crippen MR) is 52.1 cm³/mol. The van der Waals surface area contributed by atoms with E-state index in [1.54, 1.807) is 18.0 Å². The highest BCUT2D eigenvalue weighted by atomic mass is 16.5. The van der Waals surface area contributed by atoms with E-state index >= 15 is 0 Å². The molecule has 4 heteroatoms. The summed E-state index contributed by atoms with van der Waals surface area (Å²) in [5.74, 6) is 0.543. The van der Waals surface area contributed by atoms with Crippen LogP contribution in [0.3, 0.4) is 0 Å². The molecule has 0 N–H and O–H groups in total. The molecule has 72 valence electrons. The number of methoxy groups -OCH3 is 1. The first kappa shape index (κ1) is 8.74. The van der Waals surface area contributed by atoms with Gasteiger partial charge in [-0.15, -0.1) is 0 Å². The molecule has 0 saturated heterocycles. The number of rotatable bonds is 3. The third kappa shape index (κ3) is 1.90. The molecule has 4 nitrogen and oxygen atoms in total. The van der Waals surface area contributed by atoms with Crippen molar-refractivity contribution in [1.29, 1.82) is 0 Å². The SMILES string of the molecule is COc1cn(Cc2ccccc2)nn1. The van der Waals surface area contributed by atoms with E-state index in [0.717, 1.165) is 6.54 Å². The second-order valence-corrected chi connectivity index (χ2v) is 2.94. The zero-order valence-corrected chi connectivity index (χ0v) is 7.92. The minimum Gasteiger partial charge on any atom is -0.479 e. The van der Waals surface area contributed by atoms with Crippen molar-refractivity contribution >= 4 is 0 Å². The van der Waals surface area contributed by atoms with Gasteiger partial charge in [0.25, 0.3) is 5.88 Å². The fourth-order valence-electron chi connectivity index (χ4n) is 1.22. The Morgan fingerprint density at radius 1 is 1.29 bits per heavy atom. The van der Waals surface area contributed by atoms with Gasteiger partial charge in [-0.25, -0.2) is 4.68 Å². The number of benzene rings is 1. The summed E-state index contributed by atoms with van der Waals surface area (Å²) in [4.78, 5) is 0. The Morgan fingerprint density at radius 2 is 2.07 bits per heavy atom. The van der Waals surface area contributed by atoms with Crippen LogP contribution < -0.4 is 4.74 Å². The van der Waals surface area contributed by atoms with Crippen molar-refractivity contribution < 1.29 is 4.74 Å². The van der Waals surface area contributed by atoms with Crippen LogP contribution in [0.2, 0.25) is 0 Å². The highest BCUT2D eigenvalue weighted by molar-refractivity contribution is 5.15. The van der Waals surface area contributed by atoms with Crippen LogP contribution in [0.4, 0.5) is 0 Å². The number of aromatic nitrogens is 3. The Morgan fingerprint density at radius 3 is 2.71 bits per heavy atom. The van der Waals surface area contributed by atoms with Crippen molar-refractivity contribution in [3.63, 3.8) is 0 Å². The molecule has 2 aromatic rings. The van der Waals surface area contributed by atoms with Crippen molar-refractivity contribution in [2.24, 2.45) is 0 Å². The Labute approximate surface area is 82.1 Å². The second-order valence-electron chi connectivity index (χ2n) is 2.94. The van der Waals surface area contributed by atoms with E-state index in [-0.39, 0.29) is 0 Å². The maximum atomic E-state index is 4.94. The molecular formula is C10H11N3O. The van der Waals surface area contributed by atoms with Crippen molar-refractivity contribution in [3.8, 4) is 5.88 Å². The molecule has 0 atom stereocenters. The molecule has 0 saturated carbocycles. The first-order chi connectivity index (χ1) is 6.88. The van der Waals surface area contributed by atoms with E-state index in [1.807, 2.05) is 30.3 Å². The van der Waals surface area contributed by atoms with Crippen LogP contribution in [0.5, 0.6) is 5.88 Å². The average Bonchev–Trinajstić information content (AvgIpc) is 2.67. The standard InChI is InChI=1S/C10H11N3O/c1-14-10-8-13(12-11-10)7-9-5-3-2-4-6-9/h2-6,8H,7H2,1H3. The quantitative estimate of drug-likeness (QED) is 0.731. The van der Waals surface area contributed by atoms with Gasteiger partial charge in [0.1, 0.15) is 0 Å². The number of hydrogen-bond acceptors (Lipinski definition) is 3. The van der Waals surface area contributed by atoms with Crippen molar-refractivity contribution in [2.75, 3.05) is 7.11 Å². The Bertz CT molecular complexity index is 397. The molecule has 0 unspecified atom stereocenters. The first-order valence-electron chi connectivity index (χ1n) is 4.36. The van der Waals surface area contributed by atoms with Crippen molar-refractivity contribution in [1.82, 2.24) is 15.0 Å². The van der Waals surface area contributed by atoms with Gasteiger partial charge in [0.2, 0.25) is 0 Å². The molecule has 1 aromatic heterocycles. The van der Waals surface area contributed by atoms with Gasteiger partial charge in [0, 0.05) is 0 Å². The first-order valence-corrected chi connectivity index (χ1v) is 4.36. The molecule has 0 amide bonds. The maximum Gasteiger partial charge on any atom is 0.253 e. The largest absolute Gasteiger partial charge is 0.479 e. The van der Waals surface area contributed by atoms with E-state index in [4.69, 9.17) is 4.74 Å². The molecule has 0 aliphatic carbocycles. The summed E-state index contributed by atoms with van der Waals surface area (Å²) in [6.07, 6.45) is 1.77. The molecule has 1 aromatic carbocycles. The second kappa shape index (κ2) is 3.91.